The minimum Gasteiger partial charge on any atom is -0.460 e. The van der Waals surface area contributed by atoms with Gasteiger partial charge in [-0.2, -0.15) is 0 Å². The van der Waals surface area contributed by atoms with Crippen molar-refractivity contribution in [2.24, 2.45) is 0 Å². The largest absolute Gasteiger partial charge is 0.460 e. The maximum absolute atomic E-state index is 12.6. The zero-order valence-corrected chi connectivity index (χ0v) is 13.6. The Bertz CT molecular complexity index is 923. The lowest BCUT2D eigenvalue weighted by Crippen LogP contribution is -2.25. The summed E-state index contributed by atoms with van der Waals surface area (Å²) in [6.45, 7) is 5.28. The first-order valence-corrected chi connectivity index (χ1v) is 7.92. The lowest BCUT2D eigenvalue weighted by atomic mass is 10.2. The van der Waals surface area contributed by atoms with E-state index in [1.54, 1.807) is 6.07 Å². The van der Waals surface area contributed by atoms with Crippen LogP contribution in [0.3, 0.4) is 0 Å². The lowest BCUT2D eigenvalue weighted by molar-refractivity contribution is 0.0942. The molecule has 2 aromatic heterocycles. The number of furan rings is 1. The lowest BCUT2D eigenvalue weighted by Gasteiger charge is -2.09. The fourth-order valence-corrected chi connectivity index (χ4v) is 3.02. The van der Waals surface area contributed by atoms with E-state index in [0.29, 0.717) is 24.5 Å². The molecule has 1 amide bonds. The van der Waals surface area contributed by atoms with Gasteiger partial charge in [-0.15, -0.1) is 0 Å². The molecule has 3 heterocycles. The summed E-state index contributed by atoms with van der Waals surface area (Å²) in [5, 5.41) is 2.95. The second kappa shape index (κ2) is 5.63. The molecule has 0 unspecified atom stereocenters. The summed E-state index contributed by atoms with van der Waals surface area (Å²) in [5.41, 5.74) is 3.25. The highest BCUT2D eigenvalue weighted by molar-refractivity contribution is 5.97. The smallest absolute Gasteiger partial charge is 0.268 e. The molecule has 124 valence electrons. The average molecular weight is 326 g/mol. The van der Waals surface area contributed by atoms with E-state index in [-0.39, 0.29) is 12.7 Å². The topological polar surface area (TPSA) is 65.6 Å². The predicted octanol–water partition coefficient (Wildman–Crippen LogP) is 3.22. The highest BCUT2D eigenvalue weighted by Crippen LogP contribution is 2.32. The van der Waals surface area contributed by atoms with Crippen LogP contribution in [0.4, 0.5) is 0 Å². The molecular formula is C18H18N2O4. The van der Waals surface area contributed by atoms with Crippen molar-refractivity contribution in [2.45, 2.75) is 26.9 Å². The van der Waals surface area contributed by atoms with Gasteiger partial charge in [0.05, 0.1) is 5.52 Å². The summed E-state index contributed by atoms with van der Waals surface area (Å²) in [4.78, 5) is 12.6. The highest BCUT2D eigenvalue weighted by atomic mass is 16.7. The van der Waals surface area contributed by atoms with Crippen molar-refractivity contribution in [3.8, 4) is 11.5 Å². The van der Waals surface area contributed by atoms with Gasteiger partial charge in [-0.05, 0) is 31.5 Å². The van der Waals surface area contributed by atoms with E-state index >= 15 is 0 Å². The number of hydrogen-bond donors (Lipinski definition) is 1. The molecule has 1 aromatic carbocycles. The molecule has 0 spiro atoms. The zero-order chi connectivity index (χ0) is 16.7. The van der Waals surface area contributed by atoms with Gasteiger partial charge < -0.3 is 23.8 Å². The summed E-state index contributed by atoms with van der Waals surface area (Å²) in [7, 11) is 0. The maximum atomic E-state index is 12.6. The SMILES string of the molecule is CCn1c(C(=O)NCc2ccc3c(c2)OCO3)cc2oc(C)cc21. The van der Waals surface area contributed by atoms with Crippen LogP contribution in [0.5, 0.6) is 11.5 Å². The molecule has 6 nitrogen and oxygen atoms in total. The molecule has 0 radical (unpaired) electrons. The molecule has 0 saturated carbocycles. The van der Waals surface area contributed by atoms with Crippen LogP contribution in [0.2, 0.25) is 0 Å². The van der Waals surface area contributed by atoms with Gasteiger partial charge in [0.15, 0.2) is 17.1 Å². The van der Waals surface area contributed by atoms with E-state index in [1.807, 2.05) is 42.7 Å². The normalized spacial score (nSPS) is 12.8. The van der Waals surface area contributed by atoms with Crippen molar-refractivity contribution < 1.29 is 18.7 Å². The van der Waals surface area contributed by atoms with E-state index in [4.69, 9.17) is 13.9 Å². The molecule has 1 N–H and O–H groups in total. The predicted molar refractivity (Wildman–Crippen MR) is 88.4 cm³/mol. The minimum atomic E-state index is -0.126. The van der Waals surface area contributed by atoms with Crippen LogP contribution in [0.1, 0.15) is 28.7 Å². The maximum Gasteiger partial charge on any atom is 0.268 e. The van der Waals surface area contributed by atoms with Crippen molar-refractivity contribution in [1.29, 1.82) is 0 Å². The number of nitrogens with one attached hydrogen (secondary N) is 1. The Kier molecular flexibility index (Phi) is 3.45. The number of fused-ring (bicyclic) bond motifs is 2. The van der Waals surface area contributed by atoms with Crippen molar-refractivity contribution in [1.82, 2.24) is 9.88 Å². The number of aromatic nitrogens is 1. The molecule has 1 aliphatic heterocycles. The van der Waals surface area contributed by atoms with Gasteiger partial charge in [0.25, 0.3) is 5.91 Å². The minimum absolute atomic E-state index is 0.126. The van der Waals surface area contributed by atoms with Crippen LogP contribution in [0, 0.1) is 6.92 Å². The van der Waals surface area contributed by atoms with Crippen molar-refractivity contribution in [3.63, 3.8) is 0 Å². The third kappa shape index (κ3) is 2.40. The van der Waals surface area contributed by atoms with E-state index < -0.39 is 0 Å². The molecule has 0 saturated heterocycles. The second-order valence-electron chi connectivity index (χ2n) is 5.75. The Morgan fingerprint density at radius 3 is 2.88 bits per heavy atom. The molecular weight excluding hydrogens is 308 g/mol. The van der Waals surface area contributed by atoms with Crippen LogP contribution >= 0.6 is 0 Å². The molecule has 0 aliphatic carbocycles. The van der Waals surface area contributed by atoms with Crippen molar-refractivity contribution in [3.05, 3.63) is 47.3 Å². The molecule has 1 aliphatic rings. The van der Waals surface area contributed by atoms with E-state index in [2.05, 4.69) is 5.32 Å². The van der Waals surface area contributed by atoms with E-state index in [1.165, 1.54) is 0 Å². The summed E-state index contributed by atoms with van der Waals surface area (Å²) in [6, 6.07) is 9.40. The number of aryl methyl sites for hydroxylation is 2. The Balaban J connectivity index is 1.53. The van der Waals surface area contributed by atoms with Crippen LogP contribution in [0.15, 0.2) is 34.7 Å². The monoisotopic (exact) mass is 326 g/mol. The number of ether oxygens (including phenoxy) is 2. The highest BCUT2D eigenvalue weighted by Gasteiger charge is 2.18. The van der Waals surface area contributed by atoms with Crippen LogP contribution in [-0.2, 0) is 13.1 Å². The van der Waals surface area contributed by atoms with E-state index in [0.717, 1.165) is 28.2 Å². The summed E-state index contributed by atoms with van der Waals surface area (Å²) < 4.78 is 18.2. The van der Waals surface area contributed by atoms with Gasteiger partial charge in [0, 0.05) is 25.2 Å². The fourth-order valence-electron chi connectivity index (χ4n) is 3.02. The Morgan fingerprint density at radius 1 is 1.21 bits per heavy atom. The molecule has 3 aromatic rings. The number of rotatable bonds is 4. The number of nitrogens with zero attached hydrogens (tertiary/aromatic N) is 1. The molecule has 0 atom stereocenters. The molecule has 0 fully saturated rings. The first-order valence-electron chi connectivity index (χ1n) is 7.92. The van der Waals surface area contributed by atoms with E-state index in [9.17, 15) is 4.79 Å². The standard InChI is InChI=1S/C18H18N2O4/c1-3-20-13-6-11(2)24-16(13)8-14(20)18(21)19-9-12-4-5-15-17(7-12)23-10-22-15/h4-8H,3,9-10H2,1-2H3,(H,19,21). The van der Waals surface area contributed by atoms with Crippen molar-refractivity contribution in [2.75, 3.05) is 6.79 Å². The molecule has 24 heavy (non-hydrogen) atoms. The number of carbonyl (C=O) groups excluding carboxylic acids is 1. The van der Waals surface area contributed by atoms with Crippen LogP contribution in [0.25, 0.3) is 11.1 Å². The molecule has 0 bridgehead atoms. The molecule has 6 heteroatoms. The Labute approximate surface area is 139 Å². The van der Waals surface area contributed by atoms with Gasteiger partial charge in [0.2, 0.25) is 6.79 Å². The van der Waals surface area contributed by atoms with Crippen molar-refractivity contribution >= 4 is 17.0 Å². The van der Waals surface area contributed by atoms with Crippen LogP contribution < -0.4 is 14.8 Å². The number of hydrogen-bond acceptors (Lipinski definition) is 4. The fraction of sp³-hybridized carbons (Fsp3) is 0.278. The quantitative estimate of drug-likeness (QED) is 0.799. The summed E-state index contributed by atoms with van der Waals surface area (Å²) in [6.07, 6.45) is 0. The van der Waals surface area contributed by atoms with Gasteiger partial charge in [-0.3, -0.25) is 4.79 Å². The second-order valence-corrected chi connectivity index (χ2v) is 5.75. The van der Waals surface area contributed by atoms with Gasteiger partial charge >= 0.3 is 0 Å². The summed E-state index contributed by atoms with van der Waals surface area (Å²) >= 11 is 0. The summed E-state index contributed by atoms with van der Waals surface area (Å²) in [5.74, 6) is 2.17. The number of benzene rings is 1. The third-order valence-corrected chi connectivity index (χ3v) is 4.15. The average Bonchev–Trinajstić information content (AvgIpc) is 3.25. The first-order chi connectivity index (χ1) is 11.7. The number of amides is 1. The number of carbonyl (C=O) groups is 1. The Morgan fingerprint density at radius 2 is 2.04 bits per heavy atom. The van der Waals surface area contributed by atoms with Gasteiger partial charge in [0.1, 0.15) is 11.5 Å². The zero-order valence-electron chi connectivity index (χ0n) is 13.6. The molecule has 4 rings (SSSR count). The first kappa shape index (κ1) is 14.7. The van der Waals surface area contributed by atoms with Crippen LogP contribution in [-0.4, -0.2) is 17.3 Å². The third-order valence-electron chi connectivity index (χ3n) is 4.15. The van der Waals surface area contributed by atoms with Gasteiger partial charge in [-0.25, -0.2) is 0 Å². The van der Waals surface area contributed by atoms with Gasteiger partial charge in [-0.1, -0.05) is 6.07 Å². The Hall–Kier alpha value is -2.89.